The molecule has 3 heteroatoms. The van der Waals surface area contributed by atoms with Gasteiger partial charge in [-0.25, -0.2) is 4.79 Å². The van der Waals surface area contributed by atoms with E-state index in [1.54, 1.807) is 0 Å². The minimum Gasteiger partial charge on any atom is -0.447 e. The van der Waals surface area contributed by atoms with Gasteiger partial charge in [-0.3, -0.25) is 0 Å². The molecule has 0 aromatic carbocycles. The number of carbonyl (C=O) groups is 1. The predicted molar refractivity (Wildman–Crippen MR) is 49.3 cm³/mol. The summed E-state index contributed by atoms with van der Waals surface area (Å²) in [6, 6.07) is 0.168. The van der Waals surface area contributed by atoms with Gasteiger partial charge in [0.2, 0.25) is 0 Å². The summed E-state index contributed by atoms with van der Waals surface area (Å²) in [4.78, 5) is 10.7. The van der Waals surface area contributed by atoms with Crippen molar-refractivity contribution in [2.24, 2.45) is 0 Å². The number of carbonyl (C=O) groups excluding carboxylic acids is 1. The van der Waals surface area contributed by atoms with E-state index in [-0.39, 0.29) is 12.1 Å². The van der Waals surface area contributed by atoms with Gasteiger partial charge in [0, 0.05) is 0 Å². The summed E-state index contributed by atoms with van der Waals surface area (Å²) < 4.78 is 4.81. The minimum atomic E-state index is -0.287. The second kappa shape index (κ2) is 3.64. The molecule has 1 fully saturated rings. The topological polar surface area (TPSA) is 38.3 Å². The molecule has 1 saturated heterocycles. The van der Waals surface area contributed by atoms with Crippen LogP contribution in [0.25, 0.3) is 0 Å². The zero-order valence-corrected chi connectivity index (χ0v) is 7.45. The summed E-state index contributed by atoms with van der Waals surface area (Å²) in [5.41, 5.74) is 1.31. The fraction of sp³-hybridized carbons (Fsp3) is 0.500. The lowest BCUT2D eigenvalue weighted by Crippen LogP contribution is -2.26. The van der Waals surface area contributed by atoms with Crippen molar-refractivity contribution < 1.29 is 9.53 Å². The minimum absolute atomic E-state index is 0.168. The third kappa shape index (κ3) is 2.11. The monoisotopic (exact) mass is 179 g/mol. The molecule has 1 atom stereocenters. The highest BCUT2D eigenvalue weighted by Gasteiger charge is 2.22. The standard InChI is InChI=1S/C10H13NO2/c12-10-11-9(7-13-10)6-8-4-2-1-3-5-8/h2,4-5,9H,1,3,6-7H2,(H,11,12)/t9-/m0/s1. The van der Waals surface area contributed by atoms with Crippen molar-refractivity contribution in [1.82, 2.24) is 5.32 Å². The van der Waals surface area contributed by atoms with Gasteiger partial charge >= 0.3 is 6.09 Å². The lowest BCUT2D eigenvalue weighted by atomic mass is 10.0. The molecule has 13 heavy (non-hydrogen) atoms. The Hall–Kier alpha value is -1.25. The molecule has 0 saturated carbocycles. The van der Waals surface area contributed by atoms with E-state index < -0.39 is 0 Å². The van der Waals surface area contributed by atoms with Crippen molar-refractivity contribution >= 4 is 6.09 Å². The lowest BCUT2D eigenvalue weighted by molar-refractivity contribution is 0.177. The number of hydrogen-bond acceptors (Lipinski definition) is 2. The molecule has 0 bridgehead atoms. The third-order valence-corrected chi connectivity index (χ3v) is 2.29. The van der Waals surface area contributed by atoms with Gasteiger partial charge in [0.1, 0.15) is 6.61 Å². The first-order chi connectivity index (χ1) is 6.34. The maximum atomic E-state index is 10.7. The quantitative estimate of drug-likeness (QED) is 0.701. The number of alkyl carbamates (subject to hydrolysis) is 1. The maximum Gasteiger partial charge on any atom is 0.407 e. The van der Waals surface area contributed by atoms with Gasteiger partial charge in [-0.2, -0.15) is 0 Å². The van der Waals surface area contributed by atoms with E-state index in [0.29, 0.717) is 6.61 Å². The Balaban J connectivity index is 1.87. The van der Waals surface area contributed by atoms with E-state index in [4.69, 9.17) is 4.74 Å². The van der Waals surface area contributed by atoms with E-state index >= 15 is 0 Å². The van der Waals surface area contributed by atoms with Crippen LogP contribution in [-0.4, -0.2) is 18.7 Å². The van der Waals surface area contributed by atoms with Crippen LogP contribution in [0.5, 0.6) is 0 Å². The first-order valence-electron chi connectivity index (χ1n) is 4.63. The largest absolute Gasteiger partial charge is 0.447 e. The van der Waals surface area contributed by atoms with Gasteiger partial charge in [-0.15, -0.1) is 0 Å². The smallest absolute Gasteiger partial charge is 0.407 e. The fourth-order valence-electron chi connectivity index (χ4n) is 1.64. The number of hydrogen-bond donors (Lipinski definition) is 1. The number of cyclic esters (lactones) is 1. The second-order valence-corrected chi connectivity index (χ2v) is 3.40. The normalized spacial score (nSPS) is 26.6. The molecule has 0 spiro atoms. The van der Waals surface area contributed by atoms with Crippen LogP contribution >= 0.6 is 0 Å². The number of amides is 1. The number of rotatable bonds is 2. The summed E-state index contributed by atoms with van der Waals surface area (Å²) >= 11 is 0. The van der Waals surface area contributed by atoms with Crippen molar-refractivity contribution in [3.63, 3.8) is 0 Å². The van der Waals surface area contributed by atoms with Crippen LogP contribution in [0.15, 0.2) is 23.8 Å². The molecule has 0 unspecified atom stereocenters. The van der Waals surface area contributed by atoms with Crippen molar-refractivity contribution in [2.45, 2.75) is 25.3 Å². The second-order valence-electron chi connectivity index (χ2n) is 3.40. The first-order valence-corrected chi connectivity index (χ1v) is 4.63. The van der Waals surface area contributed by atoms with Crippen LogP contribution < -0.4 is 5.32 Å². The van der Waals surface area contributed by atoms with Crippen molar-refractivity contribution in [1.29, 1.82) is 0 Å². The van der Waals surface area contributed by atoms with E-state index in [9.17, 15) is 4.79 Å². The fourth-order valence-corrected chi connectivity index (χ4v) is 1.64. The van der Waals surface area contributed by atoms with Gasteiger partial charge in [0.05, 0.1) is 6.04 Å². The average Bonchev–Trinajstić information content (AvgIpc) is 2.53. The summed E-state index contributed by atoms with van der Waals surface area (Å²) in [7, 11) is 0. The highest BCUT2D eigenvalue weighted by atomic mass is 16.6. The Morgan fingerprint density at radius 2 is 2.46 bits per heavy atom. The molecule has 3 nitrogen and oxygen atoms in total. The van der Waals surface area contributed by atoms with Crippen LogP contribution in [0.2, 0.25) is 0 Å². The Bertz CT molecular complexity index is 268. The molecular formula is C10H13NO2. The van der Waals surface area contributed by atoms with Gasteiger partial charge in [0.15, 0.2) is 0 Å². The third-order valence-electron chi connectivity index (χ3n) is 2.29. The lowest BCUT2D eigenvalue weighted by Gasteiger charge is -2.10. The Labute approximate surface area is 77.5 Å². The van der Waals surface area contributed by atoms with Crippen LogP contribution in [0.1, 0.15) is 19.3 Å². The van der Waals surface area contributed by atoms with Gasteiger partial charge in [-0.05, 0) is 19.3 Å². The summed E-state index contributed by atoms with van der Waals surface area (Å²) in [5.74, 6) is 0. The van der Waals surface area contributed by atoms with Crippen LogP contribution in [-0.2, 0) is 4.74 Å². The molecule has 2 rings (SSSR count). The molecule has 0 radical (unpaired) electrons. The van der Waals surface area contributed by atoms with Crippen LogP contribution in [0, 0.1) is 0 Å². The molecule has 0 aromatic heterocycles. The summed E-state index contributed by atoms with van der Waals surface area (Å²) in [6.45, 7) is 0.504. The van der Waals surface area contributed by atoms with Crippen LogP contribution in [0.3, 0.4) is 0 Å². The van der Waals surface area contributed by atoms with Crippen LogP contribution in [0.4, 0.5) is 4.79 Å². The Kier molecular flexibility index (Phi) is 2.34. The molecule has 1 aliphatic heterocycles. The number of nitrogens with one attached hydrogen (secondary N) is 1. The van der Waals surface area contributed by atoms with E-state index in [1.807, 2.05) is 0 Å². The SMILES string of the molecule is O=C1N[C@@H](CC2=CCCC=C2)CO1. The summed E-state index contributed by atoms with van der Waals surface area (Å²) in [5, 5.41) is 2.77. The van der Waals surface area contributed by atoms with E-state index in [1.165, 1.54) is 5.57 Å². The molecular weight excluding hydrogens is 166 g/mol. The Morgan fingerprint density at radius 3 is 3.08 bits per heavy atom. The van der Waals surface area contributed by atoms with Gasteiger partial charge in [0.25, 0.3) is 0 Å². The Morgan fingerprint density at radius 1 is 1.54 bits per heavy atom. The molecule has 0 aromatic rings. The van der Waals surface area contributed by atoms with Crippen molar-refractivity contribution in [3.05, 3.63) is 23.8 Å². The maximum absolute atomic E-state index is 10.7. The molecule has 1 N–H and O–H groups in total. The van der Waals surface area contributed by atoms with Gasteiger partial charge in [-0.1, -0.05) is 23.8 Å². The van der Waals surface area contributed by atoms with Gasteiger partial charge < -0.3 is 10.1 Å². The molecule has 70 valence electrons. The predicted octanol–water partition coefficient (Wildman–Crippen LogP) is 1.76. The zero-order chi connectivity index (χ0) is 9.10. The van der Waals surface area contributed by atoms with Crippen molar-refractivity contribution in [3.8, 4) is 0 Å². The average molecular weight is 179 g/mol. The number of allylic oxidation sites excluding steroid dienone is 3. The summed E-state index contributed by atoms with van der Waals surface area (Å²) in [6.07, 6.45) is 9.39. The number of ether oxygens (including phenoxy) is 1. The molecule has 1 aliphatic carbocycles. The molecule has 1 heterocycles. The van der Waals surface area contributed by atoms with Crippen molar-refractivity contribution in [2.75, 3.05) is 6.61 Å². The molecule has 2 aliphatic rings. The van der Waals surface area contributed by atoms with E-state index in [2.05, 4.69) is 23.5 Å². The highest BCUT2D eigenvalue weighted by molar-refractivity contribution is 5.69. The van der Waals surface area contributed by atoms with E-state index in [0.717, 1.165) is 19.3 Å². The first kappa shape index (κ1) is 8.35. The highest BCUT2D eigenvalue weighted by Crippen LogP contribution is 2.16. The zero-order valence-electron chi connectivity index (χ0n) is 7.45. The molecule has 1 amide bonds.